The quantitative estimate of drug-likeness (QED) is 0.220. The monoisotopic (exact) mass is 616 g/mol. The molecule has 41 heavy (non-hydrogen) atoms. The largest absolute Gasteiger partial charge is 0.469 e. The van der Waals surface area contributed by atoms with E-state index >= 15 is 4.39 Å². The number of halogens is 1. The summed E-state index contributed by atoms with van der Waals surface area (Å²) >= 11 is 0.866. The summed E-state index contributed by atoms with van der Waals surface area (Å²) < 4.78 is 50.9. The molecule has 1 aromatic carbocycles. The lowest BCUT2D eigenvalue weighted by Crippen LogP contribution is -2.37. The molecule has 226 valence electrons. The van der Waals surface area contributed by atoms with Gasteiger partial charge in [-0.1, -0.05) is 30.3 Å². The van der Waals surface area contributed by atoms with Crippen molar-refractivity contribution < 1.29 is 42.2 Å². The lowest BCUT2D eigenvalue weighted by molar-refractivity contribution is -0.152. The fourth-order valence-electron chi connectivity index (χ4n) is 3.69. The summed E-state index contributed by atoms with van der Waals surface area (Å²) in [6, 6.07) is 9.04. The number of rotatable bonds is 13. The van der Waals surface area contributed by atoms with Crippen LogP contribution < -0.4 is 16.5 Å². The summed E-state index contributed by atoms with van der Waals surface area (Å²) in [7, 11) is -3.19. The number of aliphatic hydroxyl groups excluding tert-OH is 1. The molecule has 0 radical (unpaired) electrons. The maximum Gasteiger partial charge on any atom is 0.406 e. The van der Waals surface area contributed by atoms with Crippen LogP contribution in [-0.2, 0) is 39.3 Å². The first-order chi connectivity index (χ1) is 19.3. The molecule has 0 aliphatic carbocycles. The van der Waals surface area contributed by atoms with Crippen LogP contribution in [0, 0.1) is 5.41 Å². The first kappa shape index (κ1) is 32.7. The van der Waals surface area contributed by atoms with E-state index in [4.69, 9.17) is 24.3 Å². The maximum atomic E-state index is 15.0. The zero-order valence-corrected chi connectivity index (χ0v) is 24.7. The molecule has 0 saturated carbocycles. The Labute approximate surface area is 240 Å². The number of ether oxygens (including phenoxy) is 2. The average Bonchev–Trinajstić information content (AvgIpc) is 3.22. The number of aromatic nitrogens is 2. The second-order valence-electron chi connectivity index (χ2n) is 9.93. The summed E-state index contributed by atoms with van der Waals surface area (Å²) in [5, 5.41) is 10.9. The number of nitrogens with two attached hydrogens (primary N) is 1. The van der Waals surface area contributed by atoms with Crippen LogP contribution in [0.1, 0.15) is 31.7 Å². The molecule has 4 N–H and O–H groups in total. The summed E-state index contributed by atoms with van der Waals surface area (Å²) in [5.41, 5.74) is 4.19. The third-order valence-electron chi connectivity index (χ3n) is 6.09. The minimum Gasteiger partial charge on any atom is -0.469 e. The number of nitrogens with zero attached hydrogens (tertiary/aromatic N) is 2. The van der Waals surface area contributed by atoms with Crippen molar-refractivity contribution in [2.24, 2.45) is 5.41 Å². The van der Waals surface area contributed by atoms with Gasteiger partial charge in [0.1, 0.15) is 29.9 Å². The van der Waals surface area contributed by atoms with Gasteiger partial charge in [-0.3, -0.25) is 23.2 Å². The standard InChI is InChI=1S/C25H34FN4O9PS/c1-15(22(32)37-12-16-8-6-5-7-9-16)29-40(35,39-14-25(2,3)23(33)36-4)38-13-17-20(31)19(26)21(41-17)30-11-10-18(27)28-24(30)34/h5-11,15,17,19-21,31H,12-14H2,1-4H3,(H,29,35)(H2,27,28,34)/t15-,17+,19-,20+,21+,40?/m0/s1. The Bertz CT molecular complexity index is 1320. The molecule has 0 spiro atoms. The number of anilines is 1. The van der Waals surface area contributed by atoms with Gasteiger partial charge in [-0.25, -0.2) is 18.8 Å². The molecule has 0 bridgehead atoms. The van der Waals surface area contributed by atoms with Gasteiger partial charge in [0.05, 0.1) is 31.0 Å². The van der Waals surface area contributed by atoms with Crippen LogP contribution in [0.15, 0.2) is 47.4 Å². The SMILES string of the molecule is COC(=O)C(C)(C)COP(=O)(N[C@@H](C)C(=O)OCc1ccccc1)OC[C@H]1S[C@@H](n2ccc(N)nc2=O)[C@@H](F)[C@@H]1O. The fourth-order valence-corrected chi connectivity index (χ4v) is 6.87. The van der Waals surface area contributed by atoms with Crippen molar-refractivity contribution in [3.63, 3.8) is 0 Å². The molecule has 6 atom stereocenters. The smallest absolute Gasteiger partial charge is 0.406 e. The Hall–Kier alpha value is -2.81. The van der Waals surface area contributed by atoms with Crippen molar-refractivity contribution in [1.29, 1.82) is 0 Å². The number of hydrogen-bond acceptors (Lipinski definition) is 12. The molecule has 13 nitrogen and oxygen atoms in total. The predicted molar refractivity (Wildman–Crippen MR) is 148 cm³/mol. The van der Waals surface area contributed by atoms with E-state index in [1.807, 2.05) is 6.07 Å². The Kier molecular flexibility index (Phi) is 11.1. The highest BCUT2D eigenvalue weighted by Crippen LogP contribution is 2.49. The molecule has 16 heteroatoms. The highest BCUT2D eigenvalue weighted by molar-refractivity contribution is 8.00. The molecule has 1 fully saturated rings. The third-order valence-corrected chi connectivity index (χ3v) is 9.28. The highest BCUT2D eigenvalue weighted by atomic mass is 32.2. The zero-order valence-electron chi connectivity index (χ0n) is 23.0. The fraction of sp³-hybridized carbons (Fsp3) is 0.520. The molecule has 1 saturated heterocycles. The van der Waals surface area contributed by atoms with Gasteiger partial charge in [0.15, 0.2) is 6.17 Å². The second-order valence-corrected chi connectivity index (χ2v) is 13.1. The number of thioether (sulfide) groups is 1. The number of alkyl halides is 1. The molecule has 1 aromatic heterocycles. The van der Waals surface area contributed by atoms with Crippen LogP contribution in [0.25, 0.3) is 0 Å². The number of benzene rings is 1. The van der Waals surface area contributed by atoms with Crippen LogP contribution in [0.3, 0.4) is 0 Å². The van der Waals surface area contributed by atoms with E-state index in [-0.39, 0.29) is 12.4 Å². The lowest BCUT2D eigenvalue weighted by Gasteiger charge is -2.27. The van der Waals surface area contributed by atoms with Crippen molar-refractivity contribution in [1.82, 2.24) is 14.6 Å². The van der Waals surface area contributed by atoms with Gasteiger partial charge >= 0.3 is 25.4 Å². The average molecular weight is 617 g/mol. The van der Waals surface area contributed by atoms with Gasteiger partial charge in [0.2, 0.25) is 0 Å². The first-order valence-electron chi connectivity index (χ1n) is 12.5. The Morgan fingerprint density at radius 3 is 2.59 bits per heavy atom. The van der Waals surface area contributed by atoms with Crippen LogP contribution in [0.5, 0.6) is 0 Å². The lowest BCUT2D eigenvalue weighted by atomic mass is 9.95. The van der Waals surface area contributed by atoms with Crippen LogP contribution in [-0.4, -0.2) is 70.5 Å². The van der Waals surface area contributed by atoms with Gasteiger partial charge in [0, 0.05) is 6.20 Å². The zero-order chi connectivity index (χ0) is 30.4. The molecular formula is C25H34FN4O9PS. The van der Waals surface area contributed by atoms with E-state index in [1.165, 1.54) is 40.1 Å². The van der Waals surface area contributed by atoms with Gasteiger partial charge in [-0.2, -0.15) is 4.98 Å². The molecule has 2 heterocycles. The van der Waals surface area contributed by atoms with Crippen LogP contribution >= 0.6 is 19.5 Å². The molecular weight excluding hydrogens is 582 g/mol. The minimum absolute atomic E-state index is 0.0311. The minimum atomic E-state index is -4.38. The molecule has 3 rings (SSSR count). The van der Waals surface area contributed by atoms with E-state index in [9.17, 15) is 24.1 Å². The van der Waals surface area contributed by atoms with Crippen molar-refractivity contribution in [3.8, 4) is 0 Å². The number of nitrogen functional groups attached to an aromatic ring is 1. The van der Waals surface area contributed by atoms with Crippen LogP contribution in [0.4, 0.5) is 10.2 Å². The Morgan fingerprint density at radius 2 is 1.95 bits per heavy atom. The molecule has 0 amide bonds. The van der Waals surface area contributed by atoms with E-state index in [2.05, 4.69) is 10.1 Å². The topological polar surface area (TPSA) is 181 Å². The normalized spacial score (nSPS) is 23.0. The van der Waals surface area contributed by atoms with Gasteiger partial charge < -0.3 is 20.3 Å². The van der Waals surface area contributed by atoms with E-state index in [0.717, 1.165) is 21.9 Å². The van der Waals surface area contributed by atoms with E-state index in [1.54, 1.807) is 24.3 Å². The Morgan fingerprint density at radius 1 is 1.27 bits per heavy atom. The number of methoxy groups -OCH3 is 1. The number of aliphatic hydroxyl groups is 1. The van der Waals surface area contributed by atoms with Crippen molar-refractivity contribution in [2.75, 3.05) is 26.1 Å². The first-order valence-corrected chi connectivity index (χ1v) is 15.0. The van der Waals surface area contributed by atoms with Crippen molar-refractivity contribution in [3.05, 3.63) is 58.6 Å². The maximum absolute atomic E-state index is 15.0. The molecule has 1 unspecified atom stereocenters. The summed E-state index contributed by atoms with van der Waals surface area (Å²) in [6.45, 7) is 3.40. The van der Waals surface area contributed by atoms with E-state index in [0.29, 0.717) is 0 Å². The molecule has 1 aliphatic heterocycles. The summed E-state index contributed by atoms with van der Waals surface area (Å²) in [4.78, 5) is 40.5. The molecule has 2 aromatic rings. The van der Waals surface area contributed by atoms with E-state index < -0.39 is 72.9 Å². The third kappa shape index (κ3) is 8.60. The van der Waals surface area contributed by atoms with Gasteiger partial charge in [0.25, 0.3) is 0 Å². The van der Waals surface area contributed by atoms with Crippen LogP contribution in [0.2, 0.25) is 0 Å². The summed E-state index contributed by atoms with van der Waals surface area (Å²) in [5.74, 6) is -1.45. The highest BCUT2D eigenvalue weighted by Gasteiger charge is 2.47. The van der Waals surface area contributed by atoms with Gasteiger partial charge in [-0.15, -0.1) is 11.8 Å². The Balaban J connectivity index is 1.72. The van der Waals surface area contributed by atoms with Gasteiger partial charge in [-0.05, 0) is 32.4 Å². The van der Waals surface area contributed by atoms with Crippen molar-refractivity contribution in [2.45, 2.75) is 56.3 Å². The number of hydrogen-bond donors (Lipinski definition) is 3. The number of carbonyl (C=O) groups excluding carboxylic acids is 2. The number of esters is 2. The summed E-state index contributed by atoms with van der Waals surface area (Å²) in [6.07, 6.45) is -2.24. The predicted octanol–water partition coefficient (Wildman–Crippen LogP) is 2.20. The van der Waals surface area contributed by atoms with Crippen molar-refractivity contribution >= 4 is 37.3 Å². The number of carbonyl (C=O) groups is 2. The second kappa shape index (κ2) is 13.9. The molecule has 1 aliphatic rings. The number of nitrogens with one attached hydrogen (secondary N) is 1.